The minimum Gasteiger partial charge on any atom is -0.338 e. The van der Waals surface area contributed by atoms with E-state index < -0.39 is 0 Å². The molecule has 0 bridgehead atoms. The molecule has 1 amide bonds. The Bertz CT molecular complexity index is 256. The van der Waals surface area contributed by atoms with E-state index in [1.54, 1.807) is 0 Å². The molecule has 0 aromatic carbocycles. The second-order valence-electron chi connectivity index (χ2n) is 4.90. The Balaban J connectivity index is 1.84. The summed E-state index contributed by atoms with van der Waals surface area (Å²) in [5.41, 5.74) is 5.75. The van der Waals surface area contributed by atoms with Crippen molar-refractivity contribution in [3.05, 3.63) is 0 Å². The average Bonchev–Trinajstić information content (AvgIpc) is 2.40. The van der Waals surface area contributed by atoms with E-state index in [0.29, 0.717) is 24.9 Å². The van der Waals surface area contributed by atoms with Gasteiger partial charge in [-0.1, -0.05) is 0 Å². The van der Waals surface area contributed by atoms with E-state index in [-0.39, 0.29) is 6.04 Å². The van der Waals surface area contributed by atoms with Crippen LogP contribution in [0.4, 0.5) is 0 Å². The number of amides is 1. The third-order valence-corrected chi connectivity index (χ3v) is 4.77. The minimum atomic E-state index is 0.285. The van der Waals surface area contributed by atoms with E-state index in [1.807, 2.05) is 16.7 Å². The molecule has 2 fully saturated rings. The molecule has 5 heteroatoms. The van der Waals surface area contributed by atoms with Gasteiger partial charge in [-0.05, 0) is 19.3 Å². The zero-order valence-electron chi connectivity index (χ0n) is 10.4. The smallest absolute Gasteiger partial charge is 0.224 e. The first-order chi connectivity index (χ1) is 8.31. The van der Waals surface area contributed by atoms with E-state index in [4.69, 9.17) is 5.73 Å². The fourth-order valence-corrected chi connectivity index (χ4v) is 3.60. The van der Waals surface area contributed by atoms with Crippen molar-refractivity contribution in [3.8, 4) is 0 Å². The summed E-state index contributed by atoms with van der Waals surface area (Å²) in [6.07, 6.45) is 4.07. The molecule has 0 spiro atoms. The van der Waals surface area contributed by atoms with Crippen molar-refractivity contribution < 1.29 is 4.79 Å². The summed E-state index contributed by atoms with van der Waals surface area (Å²) in [7, 11) is 0. The summed E-state index contributed by atoms with van der Waals surface area (Å²) in [5.74, 6) is 2.52. The number of carbonyl (C=O) groups is 1. The molecule has 0 saturated carbocycles. The first kappa shape index (κ1) is 13.2. The van der Waals surface area contributed by atoms with Crippen LogP contribution in [0.1, 0.15) is 25.7 Å². The zero-order valence-corrected chi connectivity index (χ0v) is 11.2. The number of nitrogens with two attached hydrogens (primary N) is 1. The van der Waals surface area contributed by atoms with Crippen molar-refractivity contribution in [1.29, 1.82) is 0 Å². The van der Waals surface area contributed by atoms with Crippen LogP contribution in [0.3, 0.4) is 0 Å². The predicted molar refractivity (Wildman–Crippen MR) is 72.1 cm³/mol. The van der Waals surface area contributed by atoms with Gasteiger partial charge in [0.15, 0.2) is 0 Å². The first-order valence-electron chi connectivity index (χ1n) is 6.62. The highest BCUT2D eigenvalue weighted by Gasteiger charge is 2.27. The van der Waals surface area contributed by atoms with Gasteiger partial charge in [-0.15, -0.1) is 0 Å². The lowest BCUT2D eigenvalue weighted by molar-refractivity contribution is -0.135. The Kier molecular flexibility index (Phi) is 5.13. The summed E-state index contributed by atoms with van der Waals surface area (Å²) in [4.78, 5) is 14.3. The summed E-state index contributed by atoms with van der Waals surface area (Å²) < 4.78 is 0. The number of hydrogen-bond donors (Lipinski definition) is 2. The van der Waals surface area contributed by atoms with Crippen LogP contribution in [0.5, 0.6) is 0 Å². The fourth-order valence-electron chi connectivity index (χ4n) is 2.65. The lowest BCUT2D eigenvalue weighted by Gasteiger charge is -2.36. The number of carbonyl (C=O) groups excluding carboxylic acids is 1. The molecule has 0 aliphatic carbocycles. The highest BCUT2D eigenvalue weighted by molar-refractivity contribution is 7.99. The number of piperidine rings is 1. The van der Waals surface area contributed by atoms with E-state index in [1.165, 1.54) is 12.2 Å². The maximum absolute atomic E-state index is 12.3. The van der Waals surface area contributed by atoms with Gasteiger partial charge in [0.05, 0.1) is 0 Å². The highest BCUT2D eigenvalue weighted by atomic mass is 32.2. The maximum Gasteiger partial charge on any atom is 0.224 e. The lowest BCUT2D eigenvalue weighted by atomic mass is 10.0. The number of rotatable bonds is 3. The van der Waals surface area contributed by atoms with E-state index in [9.17, 15) is 4.79 Å². The van der Waals surface area contributed by atoms with Crippen LogP contribution < -0.4 is 11.1 Å². The van der Waals surface area contributed by atoms with E-state index in [0.717, 1.165) is 31.7 Å². The topological polar surface area (TPSA) is 58.4 Å². The molecule has 2 rings (SSSR count). The molecule has 2 unspecified atom stereocenters. The van der Waals surface area contributed by atoms with Gasteiger partial charge in [-0.25, -0.2) is 0 Å². The standard InChI is InChI=1S/C12H23N3OS/c13-8-11-3-1-2-5-15(11)12(16)7-10-9-17-6-4-14-10/h10-11,14H,1-9,13H2. The van der Waals surface area contributed by atoms with Crippen LogP contribution in [0, 0.1) is 0 Å². The summed E-state index contributed by atoms with van der Waals surface area (Å²) in [5, 5.41) is 3.42. The molecule has 98 valence electrons. The van der Waals surface area contributed by atoms with E-state index in [2.05, 4.69) is 5.32 Å². The third kappa shape index (κ3) is 3.60. The Morgan fingerprint density at radius 1 is 1.47 bits per heavy atom. The van der Waals surface area contributed by atoms with Crippen LogP contribution in [0.25, 0.3) is 0 Å². The molecule has 0 aromatic rings. The van der Waals surface area contributed by atoms with Crippen molar-refractivity contribution >= 4 is 17.7 Å². The number of hydrogen-bond acceptors (Lipinski definition) is 4. The molecule has 2 aliphatic heterocycles. The van der Waals surface area contributed by atoms with Crippen LogP contribution >= 0.6 is 11.8 Å². The average molecular weight is 257 g/mol. The molecule has 2 saturated heterocycles. The van der Waals surface area contributed by atoms with Crippen molar-refractivity contribution in [2.45, 2.75) is 37.8 Å². The highest BCUT2D eigenvalue weighted by Crippen LogP contribution is 2.19. The largest absolute Gasteiger partial charge is 0.338 e. The number of likely N-dealkylation sites (tertiary alicyclic amines) is 1. The second kappa shape index (κ2) is 6.61. The van der Waals surface area contributed by atoms with Gasteiger partial charge in [-0.3, -0.25) is 4.79 Å². The van der Waals surface area contributed by atoms with Gasteiger partial charge in [0.25, 0.3) is 0 Å². The molecule has 2 heterocycles. The fraction of sp³-hybridized carbons (Fsp3) is 0.917. The summed E-state index contributed by atoms with van der Waals surface area (Å²) >= 11 is 1.94. The Morgan fingerprint density at radius 2 is 2.35 bits per heavy atom. The SMILES string of the molecule is NCC1CCCCN1C(=O)CC1CSCCN1. The van der Waals surface area contributed by atoms with Crippen LogP contribution in [0.15, 0.2) is 0 Å². The van der Waals surface area contributed by atoms with E-state index >= 15 is 0 Å². The number of thioether (sulfide) groups is 1. The molecule has 2 atom stereocenters. The molecular weight excluding hydrogens is 234 g/mol. The van der Waals surface area contributed by atoms with Crippen LogP contribution in [-0.2, 0) is 4.79 Å². The van der Waals surface area contributed by atoms with Crippen molar-refractivity contribution in [2.75, 3.05) is 31.1 Å². The monoisotopic (exact) mass is 257 g/mol. The zero-order chi connectivity index (χ0) is 12.1. The normalized spacial score (nSPS) is 30.3. The Hall–Kier alpha value is -0.260. The second-order valence-corrected chi connectivity index (χ2v) is 6.05. The van der Waals surface area contributed by atoms with Gasteiger partial charge in [0.1, 0.15) is 0 Å². The molecular formula is C12H23N3OS. The number of nitrogens with one attached hydrogen (secondary N) is 1. The molecule has 17 heavy (non-hydrogen) atoms. The predicted octanol–water partition coefficient (Wildman–Crippen LogP) is 0.421. The molecule has 4 nitrogen and oxygen atoms in total. The van der Waals surface area contributed by atoms with Gasteiger partial charge < -0.3 is 16.0 Å². The quantitative estimate of drug-likeness (QED) is 0.769. The third-order valence-electron chi connectivity index (χ3n) is 3.64. The van der Waals surface area contributed by atoms with Crippen molar-refractivity contribution in [3.63, 3.8) is 0 Å². The first-order valence-corrected chi connectivity index (χ1v) is 7.77. The molecule has 0 radical (unpaired) electrons. The number of nitrogens with zero attached hydrogens (tertiary/aromatic N) is 1. The molecule has 0 aromatic heterocycles. The van der Waals surface area contributed by atoms with Gasteiger partial charge in [-0.2, -0.15) is 11.8 Å². The maximum atomic E-state index is 12.3. The van der Waals surface area contributed by atoms with Gasteiger partial charge in [0.2, 0.25) is 5.91 Å². The lowest BCUT2D eigenvalue weighted by Crippen LogP contribution is -2.50. The molecule has 3 N–H and O–H groups in total. The van der Waals surface area contributed by atoms with Crippen molar-refractivity contribution in [2.24, 2.45) is 5.73 Å². The Labute approximate surface area is 108 Å². The van der Waals surface area contributed by atoms with Crippen LogP contribution in [-0.4, -0.2) is 54.0 Å². The van der Waals surface area contributed by atoms with Crippen molar-refractivity contribution in [1.82, 2.24) is 10.2 Å². The van der Waals surface area contributed by atoms with Gasteiger partial charge in [0, 0.05) is 49.6 Å². The minimum absolute atomic E-state index is 0.285. The Morgan fingerprint density at radius 3 is 3.06 bits per heavy atom. The van der Waals surface area contributed by atoms with Crippen LogP contribution in [0.2, 0.25) is 0 Å². The summed E-state index contributed by atoms with van der Waals surface area (Å²) in [6.45, 7) is 2.54. The molecule has 2 aliphatic rings. The summed E-state index contributed by atoms with van der Waals surface area (Å²) in [6, 6.07) is 0.647. The van der Waals surface area contributed by atoms with Gasteiger partial charge >= 0.3 is 0 Å².